The summed E-state index contributed by atoms with van der Waals surface area (Å²) in [5, 5.41) is 8.05. The van der Waals surface area contributed by atoms with Gasteiger partial charge in [-0.05, 0) is 24.3 Å². The van der Waals surface area contributed by atoms with Gasteiger partial charge in [-0.1, -0.05) is 47.1 Å². The van der Waals surface area contributed by atoms with Gasteiger partial charge in [0.05, 0.1) is 5.41 Å². The zero-order chi connectivity index (χ0) is 16.7. The van der Waals surface area contributed by atoms with Crippen molar-refractivity contribution in [3.63, 3.8) is 0 Å². The normalized spacial score (nSPS) is 26.2. The predicted octanol–water partition coefficient (Wildman–Crippen LogP) is 3.28. The zero-order valence-corrected chi connectivity index (χ0v) is 14.0. The lowest BCUT2D eigenvalue weighted by molar-refractivity contribution is 0.245. The fourth-order valence-corrected chi connectivity index (χ4v) is 4.56. The molecule has 0 bridgehead atoms. The molecule has 0 unspecified atom stereocenters. The monoisotopic (exact) mass is 336 g/mol. The summed E-state index contributed by atoms with van der Waals surface area (Å²) in [6, 6.07) is 12.4. The van der Waals surface area contributed by atoms with E-state index in [0.29, 0.717) is 17.4 Å². The van der Waals surface area contributed by atoms with Crippen molar-refractivity contribution >= 4 is 0 Å². The van der Waals surface area contributed by atoms with Crippen LogP contribution in [0.2, 0.25) is 0 Å². The molecule has 1 aromatic carbocycles. The Morgan fingerprint density at radius 3 is 2.92 bits per heavy atom. The van der Waals surface area contributed by atoms with E-state index in [0.717, 1.165) is 31.9 Å². The van der Waals surface area contributed by atoms with Crippen molar-refractivity contribution in [2.75, 3.05) is 13.1 Å². The molecule has 5 rings (SSSR count). The SMILES string of the molecule is c1ccc(CN2C[C@@H]3CCC[C@]3(c3nc(-c4ccon4)no3)C2)cc1. The second-order valence-corrected chi connectivity index (χ2v) is 7.21. The molecule has 3 aromatic rings. The van der Waals surface area contributed by atoms with Crippen LogP contribution in [0.3, 0.4) is 0 Å². The second kappa shape index (κ2) is 5.81. The number of hydrogen-bond acceptors (Lipinski definition) is 6. The van der Waals surface area contributed by atoms with E-state index >= 15 is 0 Å². The van der Waals surface area contributed by atoms with Crippen molar-refractivity contribution < 1.29 is 9.05 Å². The standard InChI is InChI=1S/C19H20N4O2/c1-2-5-14(6-3-1)11-23-12-15-7-4-9-19(15,13-23)18-20-17(22-25-18)16-8-10-24-21-16/h1-3,5-6,8,10,15H,4,7,9,11-13H2/t15-,19-/m0/s1. The first kappa shape index (κ1) is 14.8. The van der Waals surface area contributed by atoms with E-state index in [4.69, 9.17) is 9.05 Å². The summed E-state index contributed by atoms with van der Waals surface area (Å²) in [6.45, 7) is 3.05. The summed E-state index contributed by atoms with van der Waals surface area (Å²) in [7, 11) is 0. The molecule has 6 nitrogen and oxygen atoms in total. The summed E-state index contributed by atoms with van der Waals surface area (Å²) in [5.74, 6) is 1.87. The van der Waals surface area contributed by atoms with Crippen LogP contribution in [-0.2, 0) is 12.0 Å². The molecule has 6 heteroatoms. The summed E-state index contributed by atoms with van der Waals surface area (Å²) in [6.07, 6.45) is 5.10. The van der Waals surface area contributed by atoms with E-state index < -0.39 is 0 Å². The van der Waals surface area contributed by atoms with Gasteiger partial charge in [0.15, 0.2) is 5.69 Å². The third-order valence-electron chi connectivity index (χ3n) is 5.71. The maximum atomic E-state index is 5.71. The van der Waals surface area contributed by atoms with Gasteiger partial charge in [-0.25, -0.2) is 0 Å². The third-order valence-corrected chi connectivity index (χ3v) is 5.71. The molecule has 1 saturated carbocycles. The lowest BCUT2D eigenvalue weighted by atomic mass is 9.80. The molecule has 1 aliphatic heterocycles. The van der Waals surface area contributed by atoms with Crippen LogP contribution >= 0.6 is 0 Å². The predicted molar refractivity (Wildman–Crippen MR) is 90.5 cm³/mol. The minimum Gasteiger partial charge on any atom is -0.364 e. The topological polar surface area (TPSA) is 68.2 Å². The minimum absolute atomic E-state index is 0.0102. The van der Waals surface area contributed by atoms with Crippen LogP contribution in [0, 0.1) is 5.92 Å². The van der Waals surface area contributed by atoms with Gasteiger partial charge in [0.2, 0.25) is 11.7 Å². The van der Waals surface area contributed by atoms with Gasteiger partial charge < -0.3 is 9.05 Å². The number of rotatable bonds is 4. The Kier molecular flexibility index (Phi) is 3.45. The zero-order valence-electron chi connectivity index (χ0n) is 14.0. The van der Waals surface area contributed by atoms with E-state index in [1.165, 1.54) is 24.7 Å². The van der Waals surface area contributed by atoms with Crippen LogP contribution in [0.4, 0.5) is 0 Å². The molecule has 128 valence electrons. The number of benzene rings is 1. The molecule has 2 aromatic heterocycles. The summed E-state index contributed by atoms with van der Waals surface area (Å²) in [5.41, 5.74) is 1.97. The molecule has 2 aliphatic rings. The van der Waals surface area contributed by atoms with Crippen molar-refractivity contribution in [2.24, 2.45) is 5.92 Å². The Morgan fingerprint density at radius 2 is 2.08 bits per heavy atom. The number of aromatic nitrogens is 3. The Bertz CT molecular complexity index is 845. The average molecular weight is 336 g/mol. The van der Waals surface area contributed by atoms with Crippen molar-refractivity contribution in [3.05, 3.63) is 54.1 Å². The first-order valence-electron chi connectivity index (χ1n) is 8.85. The number of likely N-dealkylation sites (tertiary alicyclic amines) is 1. The molecule has 3 heterocycles. The average Bonchev–Trinajstić information content (AvgIpc) is 3.38. The van der Waals surface area contributed by atoms with Crippen LogP contribution in [0.5, 0.6) is 0 Å². The highest BCUT2D eigenvalue weighted by Crippen LogP contribution is 2.50. The van der Waals surface area contributed by atoms with Gasteiger partial charge in [-0.15, -0.1) is 0 Å². The maximum absolute atomic E-state index is 5.71. The van der Waals surface area contributed by atoms with Gasteiger partial charge >= 0.3 is 0 Å². The van der Waals surface area contributed by atoms with Crippen LogP contribution in [0.15, 0.2) is 51.7 Å². The largest absolute Gasteiger partial charge is 0.364 e. The molecule has 0 spiro atoms. The Labute approximate surface area is 145 Å². The quantitative estimate of drug-likeness (QED) is 0.728. The van der Waals surface area contributed by atoms with Gasteiger partial charge in [0.1, 0.15) is 6.26 Å². The first-order valence-corrected chi connectivity index (χ1v) is 8.85. The highest BCUT2D eigenvalue weighted by Gasteiger charge is 2.54. The van der Waals surface area contributed by atoms with Crippen LogP contribution < -0.4 is 0 Å². The number of hydrogen-bond donors (Lipinski definition) is 0. The maximum Gasteiger partial charge on any atom is 0.234 e. The van der Waals surface area contributed by atoms with E-state index in [-0.39, 0.29) is 5.41 Å². The van der Waals surface area contributed by atoms with Crippen molar-refractivity contribution in [1.29, 1.82) is 0 Å². The van der Waals surface area contributed by atoms with Gasteiger partial charge in [0, 0.05) is 25.7 Å². The van der Waals surface area contributed by atoms with Crippen molar-refractivity contribution in [1.82, 2.24) is 20.2 Å². The van der Waals surface area contributed by atoms with E-state index in [2.05, 4.69) is 50.5 Å². The van der Waals surface area contributed by atoms with Crippen LogP contribution in [-0.4, -0.2) is 33.3 Å². The fourth-order valence-electron chi connectivity index (χ4n) is 4.56. The minimum atomic E-state index is -0.0102. The van der Waals surface area contributed by atoms with Crippen LogP contribution in [0.25, 0.3) is 11.5 Å². The molecule has 0 N–H and O–H groups in total. The molecule has 0 radical (unpaired) electrons. The van der Waals surface area contributed by atoms with E-state index in [1.807, 2.05) is 0 Å². The molecule has 1 saturated heterocycles. The third kappa shape index (κ3) is 2.48. The molecule has 2 atom stereocenters. The van der Waals surface area contributed by atoms with E-state index in [9.17, 15) is 0 Å². The fraction of sp³-hybridized carbons (Fsp3) is 0.421. The van der Waals surface area contributed by atoms with Crippen molar-refractivity contribution in [2.45, 2.75) is 31.2 Å². The van der Waals surface area contributed by atoms with Crippen molar-refractivity contribution in [3.8, 4) is 11.5 Å². The molecular weight excluding hydrogens is 316 g/mol. The molecular formula is C19H20N4O2. The first-order chi connectivity index (χ1) is 12.3. The highest BCUT2D eigenvalue weighted by atomic mass is 16.5. The molecule has 2 fully saturated rings. The summed E-state index contributed by atoms with van der Waals surface area (Å²) < 4.78 is 10.6. The lowest BCUT2D eigenvalue weighted by Crippen LogP contribution is -2.32. The Morgan fingerprint density at radius 1 is 1.16 bits per heavy atom. The number of fused-ring (bicyclic) bond motifs is 1. The van der Waals surface area contributed by atoms with E-state index in [1.54, 1.807) is 6.07 Å². The second-order valence-electron chi connectivity index (χ2n) is 7.21. The van der Waals surface area contributed by atoms with Gasteiger partial charge in [-0.2, -0.15) is 4.98 Å². The van der Waals surface area contributed by atoms with Crippen LogP contribution in [0.1, 0.15) is 30.7 Å². The lowest BCUT2D eigenvalue weighted by Gasteiger charge is -2.24. The van der Waals surface area contributed by atoms with Gasteiger partial charge in [-0.3, -0.25) is 4.90 Å². The molecule has 1 aliphatic carbocycles. The number of nitrogens with zero attached hydrogens (tertiary/aromatic N) is 4. The molecule has 25 heavy (non-hydrogen) atoms. The summed E-state index contributed by atoms with van der Waals surface area (Å²) in [4.78, 5) is 7.21. The smallest absolute Gasteiger partial charge is 0.234 e. The Balaban J connectivity index is 1.41. The highest BCUT2D eigenvalue weighted by molar-refractivity contribution is 5.46. The Hall–Kier alpha value is -2.47. The molecule has 0 amide bonds. The van der Waals surface area contributed by atoms with Gasteiger partial charge in [0.25, 0.3) is 0 Å². The summed E-state index contributed by atoms with van der Waals surface area (Å²) >= 11 is 0.